The van der Waals surface area contributed by atoms with Crippen LogP contribution in [0.5, 0.6) is 5.75 Å². The normalized spacial score (nSPS) is 11.7. The zero-order chi connectivity index (χ0) is 21.1. The second-order valence-corrected chi connectivity index (χ2v) is 6.75. The van der Waals surface area contributed by atoms with Gasteiger partial charge in [0.15, 0.2) is 5.78 Å². The third kappa shape index (κ3) is 5.03. The molecule has 28 heavy (non-hydrogen) atoms. The van der Waals surface area contributed by atoms with E-state index in [-0.39, 0.29) is 17.2 Å². The van der Waals surface area contributed by atoms with E-state index in [2.05, 4.69) is 10.6 Å². The molecule has 5 nitrogen and oxygen atoms in total. The van der Waals surface area contributed by atoms with E-state index in [1.807, 2.05) is 0 Å². The lowest BCUT2D eigenvalue weighted by Crippen LogP contribution is -2.43. The van der Waals surface area contributed by atoms with Gasteiger partial charge in [-0.05, 0) is 50.6 Å². The number of carbonyl (C=O) groups is 2. The maximum Gasteiger partial charge on any atom is 0.420 e. The summed E-state index contributed by atoms with van der Waals surface area (Å²) < 4.78 is 44.1. The van der Waals surface area contributed by atoms with E-state index in [0.29, 0.717) is 11.1 Å². The third-order valence-corrected chi connectivity index (χ3v) is 4.18. The van der Waals surface area contributed by atoms with Gasteiger partial charge in [0.05, 0.1) is 18.2 Å². The molecule has 0 heterocycles. The molecule has 2 amide bonds. The number of urea groups is 1. The van der Waals surface area contributed by atoms with E-state index in [1.54, 1.807) is 38.1 Å². The van der Waals surface area contributed by atoms with Crippen LogP contribution in [0, 0.1) is 0 Å². The fourth-order valence-corrected chi connectivity index (χ4v) is 2.65. The van der Waals surface area contributed by atoms with Crippen molar-refractivity contribution in [3.05, 3.63) is 59.2 Å². The van der Waals surface area contributed by atoms with Gasteiger partial charge in [0, 0.05) is 11.3 Å². The van der Waals surface area contributed by atoms with Gasteiger partial charge in [-0.3, -0.25) is 4.79 Å². The Labute approximate surface area is 160 Å². The molecule has 0 spiro atoms. The zero-order valence-electron chi connectivity index (χ0n) is 15.9. The molecule has 0 unspecified atom stereocenters. The van der Waals surface area contributed by atoms with Gasteiger partial charge >= 0.3 is 12.2 Å². The summed E-state index contributed by atoms with van der Waals surface area (Å²) in [7, 11) is 1.14. The van der Waals surface area contributed by atoms with Crippen LogP contribution in [-0.4, -0.2) is 18.9 Å². The predicted octanol–water partition coefficient (Wildman–Crippen LogP) is 4.97. The Morgan fingerprint density at radius 1 is 1.04 bits per heavy atom. The standard InChI is InChI=1S/C20H21F3N2O3/c1-12(26)13-6-5-7-14(10-13)19(2,3)25-18(27)24-15-8-9-17(28-4)16(11-15)20(21,22)23/h5-11H,1-4H3,(H2,24,25,27). The van der Waals surface area contributed by atoms with Crippen LogP contribution >= 0.6 is 0 Å². The number of rotatable bonds is 5. The number of methoxy groups -OCH3 is 1. The Morgan fingerprint density at radius 2 is 1.71 bits per heavy atom. The molecule has 2 N–H and O–H groups in total. The number of ketones is 1. The minimum absolute atomic E-state index is 0.0288. The molecule has 0 bridgehead atoms. The average Bonchev–Trinajstić information content (AvgIpc) is 2.60. The Balaban J connectivity index is 2.19. The van der Waals surface area contributed by atoms with E-state index < -0.39 is 23.3 Å². The number of ether oxygens (including phenoxy) is 1. The highest BCUT2D eigenvalue weighted by Crippen LogP contribution is 2.37. The number of hydrogen-bond donors (Lipinski definition) is 2. The molecular formula is C20H21F3N2O3. The second kappa shape index (κ2) is 7.92. The first kappa shape index (κ1) is 21.3. The van der Waals surface area contributed by atoms with E-state index in [4.69, 9.17) is 4.74 Å². The molecule has 0 aliphatic rings. The summed E-state index contributed by atoms with van der Waals surface area (Å²) in [4.78, 5) is 23.9. The van der Waals surface area contributed by atoms with Crippen LogP contribution in [0.25, 0.3) is 0 Å². The van der Waals surface area contributed by atoms with E-state index >= 15 is 0 Å². The highest BCUT2D eigenvalue weighted by atomic mass is 19.4. The van der Waals surface area contributed by atoms with Gasteiger partial charge < -0.3 is 15.4 Å². The van der Waals surface area contributed by atoms with Gasteiger partial charge in [0.1, 0.15) is 5.75 Å². The van der Waals surface area contributed by atoms with Gasteiger partial charge in [0.25, 0.3) is 0 Å². The van der Waals surface area contributed by atoms with Gasteiger partial charge in [0.2, 0.25) is 0 Å². The Morgan fingerprint density at radius 3 is 2.29 bits per heavy atom. The Kier molecular flexibility index (Phi) is 6.01. The lowest BCUT2D eigenvalue weighted by molar-refractivity contribution is -0.138. The molecule has 0 radical (unpaired) electrons. The number of anilines is 1. The second-order valence-electron chi connectivity index (χ2n) is 6.75. The van der Waals surface area contributed by atoms with Crippen molar-refractivity contribution >= 4 is 17.5 Å². The van der Waals surface area contributed by atoms with Crippen molar-refractivity contribution in [2.24, 2.45) is 0 Å². The van der Waals surface area contributed by atoms with Crippen molar-refractivity contribution in [3.8, 4) is 5.75 Å². The van der Waals surface area contributed by atoms with Crippen molar-refractivity contribution in [1.29, 1.82) is 0 Å². The summed E-state index contributed by atoms with van der Waals surface area (Å²) in [5.74, 6) is -0.445. The molecule has 2 rings (SSSR count). The summed E-state index contributed by atoms with van der Waals surface area (Å²) in [5.41, 5.74) is -0.701. The zero-order valence-corrected chi connectivity index (χ0v) is 15.9. The maximum absolute atomic E-state index is 13.1. The van der Waals surface area contributed by atoms with Gasteiger partial charge in [-0.25, -0.2) is 4.79 Å². The molecule has 2 aromatic rings. The number of hydrogen-bond acceptors (Lipinski definition) is 3. The highest BCUT2D eigenvalue weighted by molar-refractivity contribution is 5.94. The largest absolute Gasteiger partial charge is 0.496 e. The molecule has 0 aromatic heterocycles. The summed E-state index contributed by atoms with van der Waals surface area (Å²) in [6.45, 7) is 4.89. The van der Waals surface area contributed by atoms with Gasteiger partial charge in [-0.15, -0.1) is 0 Å². The molecule has 150 valence electrons. The molecular weight excluding hydrogens is 373 g/mol. The predicted molar refractivity (Wildman–Crippen MR) is 99.6 cm³/mol. The van der Waals surface area contributed by atoms with E-state index in [1.165, 1.54) is 13.0 Å². The number of benzene rings is 2. The van der Waals surface area contributed by atoms with Crippen LogP contribution in [-0.2, 0) is 11.7 Å². The Bertz CT molecular complexity index is 893. The average molecular weight is 394 g/mol. The van der Waals surface area contributed by atoms with Crippen molar-refractivity contribution < 1.29 is 27.5 Å². The molecule has 0 aliphatic heterocycles. The SMILES string of the molecule is COc1ccc(NC(=O)NC(C)(C)c2cccc(C(C)=O)c2)cc1C(F)(F)F. The van der Waals surface area contributed by atoms with Gasteiger partial charge in [-0.1, -0.05) is 18.2 Å². The molecule has 0 aliphatic carbocycles. The first-order chi connectivity index (χ1) is 12.9. The van der Waals surface area contributed by atoms with Crippen LogP contribution in [0.1, 0.15) is 42.3 Å². The van der Waals surface area contributed by atoms with Crippen LogP contribution in [0.15, 0.2) is 42.5 Å². The molecule has 0 fully saturated rings. The molecule has 2 aromatic carbocycles. The van der Waals surface area contributed by atoms with Crippen LogP contribution < -0.4 is 15.4 Å². The lowest BCUT2D eigenvalue weighted by Gasteiger charge is -2.27. The van der Waals surface area contributed by atoms with E-state index in [9.17, 15) is 22.8 Å². The molecule has 0 atom stereocenters. The first-order valence-corrected chi connectivity index (χ1v) is 8.40. The summed E-state index contributed by atoms with van der Waals surface area (Å²) in [6.07, 6.45) is -4.62. The summed E-state index contributed by atoms with van der Waals surface area (Å²) in [6, 6.07) is 9.36. The number of Topliss-reactive ketones (excluding diaryl/α,β-unsaturated/α-hetero) is 1. The van der Waals surface area contributed by atoms with E-state index in [0.717, 1.165) is 19.2 Å². The lowest BCUT2D eigenvalue weighted by atomic mass is 9.92. The smallest absolute Gasteiger partial charge is 0.420 e. The van der Waals surface area contributed by atoms with Crippen molar-refractivity contribution in [2.45, 2.75) is 32.5 Å². The van der Waals surface area contributed by atoms with Crippen LogP contribution in [0.4, 0.5) is 23.7 Å². The van der Waals surface area contributed by atoms with Crippen molar-refractivity contribution in [3.63, 3.8) is 0 Å². The quantitative estimate of drug-likeness (QED) is 0.704. The maximum atomic E-state index is 13.1. The monoisotopic (exact) mass is 394 g/mol. The summed E-state index contributed by atoms with van der Waals surface area (Å²) in [5, 5.41) is 5.10. The third-order valence-electron chi connectivity index (χ3n) is 4.18. The molecule has 8 heteroatoms. The van der Waals surface area contributed by atoms with Crippen molar-refractivity contribution in [1.82, 2.24) is 5.32 Å². The van der Waals surface area contributed by atoms with Crippen LogP contribution in [0.3, 0.4) is 0 Å². The number of amides is 2. The Hall–Kier alpha value is -3.03. The molecule has 0 saturated carbocycles. The topological polar surface area (TPSA) is 67.4 Å². The minimum Gasteiger partial charge on any atom is -0.496 e. The number of halogens is 3. The fourth-order valence-electron chi connectivity index (χ4n) is 2.65. The van der Waals surface area contributed by atoms with Gasteiger partial charge in [-0.2, -0.15) is 13.2 Å². The number of alkyl halides is 3. The van der Waals surface area contributed by atoms with Crippen LogP contribution in [0.2, 0.25) is 0 Å². The fraction of sp³-hybridized carbons (Fsp3) is 0.300. The number of carbonyl (C=O) groups excluding carboxylic acids is 2. The van der Waals surface area contributed by atoms with Crippen molar-refractivity contribution in [2.75, 3.05) is 12.4 Å². The molecule has 0 saturated heterocycles. The minimum atomic E-state index is -4.62. The number of nitrogens with one attached hydrogen (secondary N) is 2. The first-order valence-electron chi connectivity index (χ1n) is 8.40. The highest BCUT2D eigenvalue weighted by Gasteiger charge is 2.34. The summed E-state index contributed by atoms with van der Waals surface area (Å²) >= 11 is 0.